The zero-order valence-electron chi connectivity index (χ0n) is 6.96. The van der Waals surface area contributed by atoms with Crippen molar-refractivity contribution in [3.8, 4) is 5.75 Å². The van der Waals surface area contributed by atoms with Gasteiger partial charge in [-0.2, -0.15) is 0 Å². The zero-order valence-corrected chi connectivity index (χ0v) is 9.11. The average Bonchev–Trinajstić information content (AvgIpc) is 2.87. The molecule has 13 heavy (non-hydrogen) atoms. The van der Waals surface area contributed by atoms with Crippen LogP contribution in [0.3, 0.4) is 0 Å². The number of hydrogen-bond donors (Lipinski definition) is 0. The van der Waals surface area contributed by atoms with Crippen LogP contribution in [0, 0.1) is 3.57 Å². The van der Waals surface area contributed by atoms with Crippen LogP contribution in [-0.4, -0.2) is 11.8 Å². The third-order valence-corrected chi connectivity index (χ3v) is 3.09. The Morgan fingerprint density at radius 2 is 2.23 bits per heavy atom. The molecule has 1 aliphatic carbocycles. The van der Waals surface area contributed by atoms with Crippen LogP contribution in [0.2, 0.25) is 0 Å². The van der Waals surface area contributed by atoms with Crippen molar-refractivity contribution in [1.82, 2.24) is 0 Å². The van der Waals surface area contributed by atoms with Gasteiger partial charge in [-0.1, -0.05) is 0 Å². The second-order valence-corrected chi connectivity index (χ2v) is 4.78. The van der Waals surface area contributed by atoms with E-state index in [0.29, 0.717) is 0 Å². The van der Waals surface area contributed by atoms with Gasteiger partial charge in [-0.25, -0.2) is 0 Å². The number of nitrogens with zero attached hydrogens (tertiary/aromatic N) is 1. The Labute approximate surface area is 90.2 Å². The molecule has 0 saturated heterocycles. The largest absolute Gasteiger partial charge is 0.479 e. The highest BCUT2D eigenvalue weighted by molar-refractivity contribution is 14.1. The van der Waals surface area contributed by atoms with Gasteiger partial charge in [0.2, 0.25) is 0 Å². The van der Waals surface area contributed by atoms with Gasteiger partial charge in [0, 0.05) is 9.78 Å². The predicted molar refractivity (Wildman–Crippen MR) is 59.9 cm³/mol. The maximum Gasteiger partial charge on any atom is 0.146 e. The maximum atomic E-state index is 5.83. The first-order valence-corrected chi connectivity index (χ1v) is 5.39. The van der Waals surface area contributed by atoms with Gasteiger partial charge in [-0.3, -0.25) is 4.99 Å². The van der Waals surface area contributed by atoms with E-state index in [1.165, 1.54) is 3.57 Å². The first-order chi connectivity index (χ1) is 6.27. The zero-order chi connectivity index (χ0) is 8.89. The first kappa shape index (κ1) is 7.79. The van der Waals surface area contributed by atoms with Crippen LogP contribution in [0.4, 0.5) is 5.69 Å². The van der Waals surface area contributed by atoms with Crippen molar-refractivity contribution in [1.29, 1.82) is 0 Å². The molecule has 0 aromatic heterocycles. The van der Waals surface area contributed by atoms with Crippen molar-refractivity contribution in [3.63, 3.8) is 0 Å². The Hall–Kier alpha value is -0.580. The minimum Gasteiger partial charge on any atom is -0.479 e. The lowest BCUT2D eigenvalue weighted by Gasteiger charge is -2.19. The minimum atomic E-state index is -0.0280. The van der Waals surface area contributed by atoms with Crippen molar-refractivity contribution < 1.29 is 4.74 Å². The van der Waals surface area contributed by atoms with E-state index in [0.717, 1.165) is 24.3 Å². The van der Waals surface area contributed by atoms with E-state index in [1.807, 2.05) is 18.3 Å². The van der Waals surface area contributed by atoms with Crippen LogP contribution in [0.25, 0.3) is 0 Å². The molecule has 0 atom stereocenters. The molecular weight excluding hydrogens is 277 g/mol. The molecule has 1 fully saturated rings. The van der Waals surface area contributed by atoms with E-state index in [4.69, 9.17) is 4.74 Å². The lowest BCUT2D eigenvalue weighted by molar-refractivity contribution is 0.250. The van der Waals surface area contributed by atoms with E-state index in [2.05, 4.69) is 33.6 Å². The Kier molecular flexibility index (Phi) is 1.48. The second kappa shape index (κ2) is 2.47. The van der Waals surface area contributed by atoms with Crippen LogP contribution in [0.5, 0.6) is 5.75 Å². The molecule has 3 rings (SSSR count). The fourth-order valence-electron chi connectivity index (χ4n) is 1.46. The summed E-state index contributed by atoms with van der Waals surface area (Å²) < 4.78 is 7.03. The molecule has 1 heterocycles. The highest BCUT2D eigenvalue weighted by Crippen LogP contribution is 2.45. The van der Waals surface area contributed by atoms with Crippen LogP contribution in [-0.2, 0) is 0 Å². The molecule has 1 aliphatic heterocycles. The fourth-order valence-corrected chi connectivity index (χ4v) is 1.94. The predicted octanol–water partition coefficient (Wildman–Crippen LogP) is 2.92. The highest BCUT2D eigenvalue weighted by Gasteiger charge is 2.46. The van der Waals surface area contributed by atoms with E-state index in [9.17, 15) is 0 Å². The Bertz CT molecular complexity index is 396. The molecule has 0 N–H and O–H groups in total. The fraction of sp³-hybridized carbons (Fsp3) is 0.300. The number of aliphatic imine (C=N–C) groups is 1. The Balaban J connectivity index is 2.09. The topological polar surface area (TPSA) is 21.6 Å². The summed E-state index contributed by atoms with van der Waals surface area (Å²) in [5, 5.41) is 0. The molecule has 0 amide bonds. The van der Waals surface area contributed by atoms with Crippen LogP contribution in [0.1, 0.15) is 12.8 Å². The molecule has 1 spiro atoms. The standard InChI is InChI=1S/C10H8INO/c11-7-1-2-9-8(5-7)12-6-10(13-9)3-4-10/h1-2,5-6H,3-4H2. The Morgan fingerprint density at radius 3 is 3.00 bits per heavy atom. The number of halogens is 1. The summed E-state index contributed by atoms with van der Waals surface area (Å²) in [4.78, 5) is 4.41. The number of rotatable bonds is 0. The van der Waals surface area contributed by atoms with Crippen molar-refractivity contribution >= 4 is 34.5 Å². The smallest absolute Gasteiger partial charge is 0.146 e. The van der Waals surface area contributed by atoms with Gasteiger partial charge in [-0.05, 0) is 53.6 Å². The van der Waals surface area contributed by atoms with Gasteiger partial charge < -0.3 is 4.74 Å². The van der Waals surface area contributed by atoms with Gasteiger partial charge in [0.1, 0.15) is 17.0 Å². The second-order valence-electron chi connectivity index (χ2n) is 3.54. The molecule has 0 bridgehead atoms. The molecular formula is C10H8INO. The van der Waals surface area contributed by atoms with Crippen molar-refractivity contribution in [3.05, 3.63) is 21.8 Å². The Morgan fingerprint density at radius 1 is 1.38 bits per heavy atom. The lowest BCUT2D eigenvalue weighted by atomic mass is 10.2. The molecule has 0 radical (unpaired) electrons. The van der Waals surface area contributed by atoms with Gasteiger partial charge in [-0.15, -0.1) is 0 Å². The molecule has 3 heteroatoms. The average molecular weight is 285 g/mol. The summed E-state index contributed by atoms with van der Waals surface area (Å²) in [6.45, 7) is 0. The van der Waals surface area contributed by atoms with E-state index in [-0.39, 0.29) is 5.60 Å². The normalized spacial score (nSPS) is 21.0. The van der Waals surface area contributed by atoms with Gasteiger partial charge in [0.15, 0.2) is 0 Å². The summed E-state index contributed by atoms with van der Waals surface area (Å²) in [5.41, 5.74) is 0.934. The van der Waals surface area contributed by atoms with Gasteiger partial charge in [0.25, 0.3) is 0 Å². The van der Waals surface area contributed by atoms with Crippen molar-refractivity contribution in [2.45, 2.75) is 18.4 Å². The van der Waals surface area contributed by atoms with E-state index < -0.39 is 0 Å². The number of ether oxygens (including phenoxy) is 1. The van der Waals surface area contributed by atoms with Crippen LogP contribution >= 0.6 is 22.6 Å². The molecule has 1 aromatic rings. The summed E-state index contributed by atoms with van der Waals surface area (Å²) in [6, 6.07) is 6.10. The molecule has 1 aromatic carbocycles. The van der Waals surface area contributed by atoms with Crippen LogP contribution < -0.4 is 4.74 Å². The highest BCUT2D eigenvalue weighted by atomic mass is 127. The van der Waals surface area contributed by atoms with Gasteiger partial charge in [0.05, 0.1) is 0 Å². The first-order valence-electron chi connectivity index (χ1n) is 4.31. The molecule has 0 unspecified atom stereocenters. The third-order valence-electron chi connectivity index (χ3n) is 2.42. The monoisotopic (exact) mass is 285 g/mol. The molecule has 2 nitrogen and oxygen atoms in total. The SMILES string of the molecule is Ic1ccc2c(c1)N=CC1(CC1)O2. The van der Waals surface area contributed by atoms with Crippen LogP contribution in [0.15, 0.2) is 23.2 Å². The van der Waals surface area contributed by atoms with Gasteiger partial charge >= 0.3 is 0 Å². The third kappa shape index (κ3) is 1.25. The number of benzene rings is 1. The molecule has 66 valence electrons. The molecule has 1 saturated carbocycles. The quantitative estimate of drug-likeness (QED) is 0.672. The van der Waals surface area contributed by atoms with E-state index in [1.54, 1.807) is 0 Å². The molecule has 2 aliphatic rings. The maximum absolute atomic E-state index is 5.83. The summed E-state index contributed by atoms with van der Waals surface area (Å²) in [6.07, 6.45) is 4.18. The minimum absolute atomic E-state index is 0.0280. The number of fused-ring (bicyclic) bond motifs is 1. The van der Waals surface area contributed by atoms with E-state index >= 15 is 0 Å². The number of hydrogen-bond acceptors (Lipinski definition) is 2. The van der Waals surface area contributed by atoms with Crippen molar-refractivity contribution in [2.75, 3.05) is 0 Å². The lowest BCUT2D eigenvalue weighted by Crippen LogP contribution is -2.22. The summed E-state index contributed by atoms with van der Waals surface area (Å²) >= 11 is 2.28. The summed E-state index contributed by atoms with van der Waals surface area (Å²) in [7, 11) is 0. The summed E-state index contributed by atoms with van der Waals surface area (Å²) in [5.74, 6) is 0.931. The van der Waals surface area contributed by atoms with Crippen molar-refractivity contribution in [2.24, 2.45) is 4.99 Å².